The smallest absolute Gasteiger partial charge is 0.226 e. The molecule has 0 spiro atoms. The van der Waals surface area contributed by atoms with Gasteiger partial charge in [0.1, 0.15) is 0 Å². The number of carbonyl (C=O) groups is 1. The molecule has 5 nitrogen and oxygen atoms in total. The predicted molar refractivity (Wildman–Crippen MR) is 93.8 cm³/mol. The summed E-state index contributed by atoms with van der Waals surface area (Å²) in [5.41, 5.74) is 2.77. The minimum Gasteiger partial charge on any atom is -0.355 e. The van der Waals surface area contributed by atoms with Crippen molar-refractivity contribution in [2.24, 2.45) is 0 Å². The number of nitrogens with zero attached hydrogens (tertiary/aromatic N) is 3. The monoisotopic (exact) mass is 338 g/mol. The fourth-order valence-electron chi connectivity index (χ4n) is 2.27. The van der Waals surface area contributed by atoms with E-state index in [0.29, 0.717) is 19.4 Å². The molecular formula is C18H18N4OS. The molecule has 6 heteroatoms. The van der Waals surface area contributed by atoms with E-state index in [9.17, 15) is 4.79 Å². The van der Waals surface area contributed by atoms with E-state index >= 15 is 0 Å². The summed E-state index contributed by atoms with van der Waals surface area (Å²) in [4.78, 5) is 25.0. The number of hydrogen-bond acceptors (Lipinski definition) is 5. The number of thiazole rings is 1. The molecule has 0 radical (unpaired) electrons. The maximum Gasteiger partial charge on any atom is 0.226 e. The van der Waals surface area contributed by atoms with E-state index in [2.05, 4.69) is 20.3 Å². The standard InChI is InChI=1S/C18H18N4OS/c23-17(21-10-7-14-5-1-3-8-19-14)11-16-13-24-18(22-16)12-15-6-2-4-9-20-15/h1-6,8-9,13H,7,10-12H2,(H,21,23). The average molecular weight is 338 g/mol. The van der Waals surface area contributed by atoms with Crippen molar-refractivity contribution in [2.45, 2.75) is 19.3 Å². The summed E-state index contributed by atoms with van der Waals surface area (Å²) >= 11 is 1.57. The zero-order chi connectivity index (χ0) is 16.6. The van der Waals surface area contributed by atoms with Gasteiger partial charge in [-0.1, -0.05) is 12.1 Å². The van der Waals surface area contributed by atoms with E-state index < -0.39 is 0 Å². The Labute approximate surface area is 144 Å². The predicted octanol–water partition coefficient (Wildman–Crippen LogP) is 2.43. The van der Waals surface area contributed by atoms with Crippen LogP contribution in [-0.2, 0) is 24.1 Å². The quantitative estimate of drug-likeness (QED) is 0.718. The molecule has 0 aliphatic carbocycles. The van der Waals surface area contributed by atoms with E-state index in [1.807, 2.05) is 41.8 Å². The van der Waals surface area contributed by atoms with Crippen molar-refractivity contribution in [1.82, 2.24) is 20.3 Å². The van der Waals surface area contributed by atoms with Crippen LogP contribution < -0.4 is 5.32 Å². The lowest BCUT2D eigenvalue weighted by Crippen LogP contribution is -2.27. The van der Waals surface area contributed by atoms with Gasteiger partial charge < -0.3 is 5.32 Å². The highest BCUT2D eigenvalue weighted by Crippen LogP contribution is 2.14. The largest absolute Gasteiger partial charge is 0.355 e. The van der Waals surface area contributed by atoms with Gasteiger partial charge in [-0.25, -0.2) is 4.98 Å². The first-order chi connectivity index (χ1) is 11.8. The average Bonchev–Trinajstić information content (AvgIpc) is 3.03. The maximum atomic E-state index is 12.0. The Hall–Kier alpha value is -2.60. The Balaban J connectivity index is 1.45. The number of carbonyl (C=O) groups excluding carboxylic acids is 1. The van der Waals surface area contributed by atoms with E-state index in [0.717, 1.165) is 28.5 Å². The molecule has 0 saturated heterocycles. The van der Waals surface area contributed by atoms with Crippen molar-refractivity contribution in [2.75, 3.05) is 6.54 Å². The number of aromatic nitrogens is 3. The minimum atomic E-state index is -0.0133. The van der Waals surface area contributed by atoms with E-state index in [1.165, 1.54) is 0 Å². The van der Waals surface area contributed by atoms with Crippen LogP contribution in [0.5, 0.6) is 0 Å². The van der Waals surface area contributed by atoms with Gasteiger partial charge in [-0.2, -0.15) is 0 Å². The normalized spacial score (nSPS) is 10.5. The summed E-state index contributed by atoms with van der Waals surface area (Å²) in [5.74, 6) is -0.0133. The molecule has 0 fully saturated rings. The molecule has 122 valence electrons. The van der Waals surface area contributed by atoms with Crippen molar-refractivity contribution in [3.05, 3.63) is 76.3 Å². The van der Waals surface area contributed by atoms with Gasteiger partial charge in [0.15, 0.2) is 0 Å². The molecule has 3 aromatic rings. The molecule has 0 aromatic carbocycles. The molecule has 0 atom stereocenters. The van der Waals surface area contributed by atoms with Crippen LogP contribution in [0.1, 0.15) is 22.1 Å². The van der Waals surface area contributed by atoms with Gasteiger partial charge in [-0.05, 0) is 24.3 Å². The number of amides is 1. The van der Waals surface area contributed by atoms with Crippen molar-refractivity contribution < 1.29 is 4.79 Å². The lowest BCUT2D eigenvalue weighted by Gasteiger charge is -2.03. The molecule has 24 heavy (non-hydrogen) atoms. The summed E-state index contributed by atoms with van der Waals surface area (Å²) in [6.45, 7) is 0.584. The lowest BCUT2D eigenvalue weighted by molar-refractivity contribution is -0.120. The molecule has 1 N–H and O–H groups in total. The molecular weight excluding hydrogens is 320 g/mol. The third-order valence-electron chi connectivity index (χ3n) is 3.43. The second kappa shape index (κ2) is 8.31. The van der Waals surface area contributed by atoms with E-state index in [-0.39, 0.29) is 5.91 Å². The van der Waals surface area contributed by atoms with Crippen LogP contribution in [0.2, 0.25) is 0 Å². The molecule has 0 aliphatic rings. The topological polar surface area (TPSA) is 67.8 Å². The van der Waals surface area contributed by atoms with Crippen LogP contribution >= 0.6 is 11.3 Å². The van der Waals surface area contributed by atoms with Crippen LogP contribution in [-0.4, -0.2) is 27.4 Å². The second-order valence-electron chi connectivity index (χ2n) is 5.33. The summed E-state index contributed by atoms with van der Waals surface area (Å²) in [6.07, 6.45) is 5.27. The van der Waals surface area contributed by atoms with Crippen molar-refractivity contribution in [1.29, 1.82) is 0 Å². The van der Waals surface area contributed by atoms with E-state index in [1.54, 1.807) is 23.7 Å². The molecule has 3 heterocycles. The molecule has 0 unspecified atom stereocenters. The van der Waals surface area contributed by atoms with Crippen molar-refractivity contribution >= 4 is 17.2 Å². The molecule has 3 rings (SSSR count). The van der Waals surface area contributed by atoms with Gasteiger partial charge in [0.05, 0.1) is 17.1 Å². The van der Waals surface area contributed by atoms with Crippen molar-refractivity contribution in [3.8, 4) is 0 Å². The summed E-state index contributed by atoms with van der Waals surface area (Å²) in [6, 6.07) is 11.6. The molecule has 3 aromatic heterocycles. The maximum absolute atomic E-state index is 12.0. The minimum absolute atomic E-state index is 0.0133. The van der Waals surface area contributed by atoms with E-state index in [4.69, 9.17) is 0 Å². The molecule has 0 saturated carbocycles. The van der Waals surface area contributed by atoms with Gasteiger partial charge in [-0.15, -0.1) is 11.3 Å². The zero-order valence-corrected chi connectivity index (χ0v) is 14.0. The molecule has 0 bridgehead atoms. The highest BCUT2D eigenvalue weighted by molar-refractivity contribution is 7.09. The highest BCUT2D eigenvalue weighted by Gasteiger charge is 2.08. The Bertz CT molecular complexity index is 774. The van der Waals surface area contributed by atoms with Gasteiger partial charge >= 0.3 is 0 Å². The van der Waals surface area contributed by atoms with Crippen LogP contribution in [0, 0.1) is 0 Å². The van der Waals surface area contributed by atoms with Crippen LogP contribution in [0.3, 0.4) is 0 Å². The third-order valence-corrected chi connectivity index (χ3v) is 4.33. The number of rotatable bonds is 7. The zero-order valence-electron chi connectivity index (χ0n) is 13.2. The van der Waals surface area contributed by atoms with Gasteiger partial charge in [0.2, 0.25) is 5.91 Å². The molecule has 1 amide bonds. The fraction of sp³-hybridized carbons (Fsp3) is 0.222. The number of nitrogens with one attached hydrogen (secondary N) is 1. The first-order valence-electron chi connectivity index (χ1n) is 7.79. The Morgan fingerprint density at radius 3 is 2.46 bits per heavy atom. The summed E-state index contributed by atoms with van der Waals surface area (Å²) in [7, 11) is 0. The SMILES string of the molecule is O=C(Cc1csc(Cc2ccccn2)n1)NCCc1ccccn1. The second-order valence-corrected chi connectivity index (χ2v) is 6.27. The third kappa shape index (κ3) is 4.96. The van der Waals surface area contributed by atoms with Crippen LogP contribution in [0.25, 0.3) is 0 Å². The number of pyridine rings is 2. The van der Waals surface area contributed by atoms with Gasteiger partial charge in [0.25, 0.3) is 0 Å². The number of hydrogen-bond donors (Lipinski definition) is 1. The highest BCUT2D eigenvalue weighted by atomic mass is 32.1. The van der Waals surface area contributed by atoms with Crippen molar-refractivity contribution in [3.63, 3.8) is 0 Å². The lowest BCUT2D eigenvalue weighted by atomic mass is 10.2. The summed E-state index contributed by atoms with van der Waals surface area (Å²) < 4.78 is 0. The first-order valence-corrected chi connectivity index (χ1v) is 8.67. The Morgan fingerprint density at radius 2 is 1.75 bits per heavy atom. The Morgan fingerprint density at radius 1 is 1.00 bits per heavy atom. The van der Waals surface area contributed by atoms with Crippen LogP contribution in [0.15, 0.2) is 54.2 Å². The molecule has 0 aliphatic heterocycles. The fourth-order valence-corrected chi connectivity index (χ4v) is 3.08. The van der Waals surface area contributed by atoms with Crippen LogP contribution in [0.4, 0.5) is 0 Å². The summed E-state index contributed by atoms with van der Waals surface area (Å²) in [5, 5.41) is 5.83. The first kappa shape index (κ1) is 16.3. The van der Waals surface area contributed by atoms with Gasteiger partial charge in [-0.3, -0.25) is 14.8 Å². The Kier molecular flexibility index (Phi) is 5.63. The van der Waals surface area contributed by atoms with Gasteiger partial charge in [0, 0.05) is 48.5 Å².